The van der Waals surface area contributed by atoms with Gasteiger partial charge in [0, 0.05) is 16.8 Å². The maximum Gasteiger partial charge on any atom is 0.308 e. The number of carbonyl (C=O) groups excluding carboxylic acids is 1. The first-order chi connectivity index (χ1) is 8.99. The molecule has 0 fully saturated rings. The van der Waals surface area contributed by atoms with Crippen molar-refractivity contribution < 1.29 is 14.7 Å². The molecule has 4 nitrogen and oxygen atoms in total. The molecule has 1 aliphatic carbocycles. The van der Waals surface area contributed by atoms with Crippen LogP contribution in [0.25, 0.3) is 0 Å². The number of fused-ring (bicyclic) bond motifs is 1. The second-order valence-corrected chi connectivity index (χ2v) is 6.31. The molecule has 0 saturated heterocycles. The zero-order chi connectivity index (χ0) is 14.0. The number of nitrogens with one attached hydrogen (secondary N) is 1. The van der Waals surface area contributed by atoms with E-state index < -0.39 is 11.9 Å². The van der Waals surface area contributed by atoms with Crippen LogP contribution in [0.1, 0.15) is 41.1 Å². The number of aliphatic carboxylic acids is 1. The van der Waals surface area contributed by atoms with Crippen LogP contribution in [-0.4, -0.2) is 23.5 Å². The van der Waals surface area contributed by atoms with Gasteiger partial charge < -0.3 is 10.4 Å². The first kappa shape index (κ1) is 14.1. The van der Waals surface area contributed by atoms with E-state index in [0.29, 0.717) is 5.92 Å². The van der Waals surface area contributed by atoms with Crippen LogP contribution < -0.4 is 5.32 Å². The minimum Gasteiger partial charge on any atom is -0.481 e. The lowest BCUT2D eigenvalue weighted by Gasteiger charge is -2.19. The Morgan fingerprint density at radius 2 is 2.32 bits per heavy atom. The number of hydrogen-bond acceptors (Lipinski definition) is 3. The Morgan fingerprint density at radius 3 is 3.00 bits per heavy atom. The molecule has 5 heteroatoms. The van der Waals surface area contributed by atoms with Crippen molar-refractivity contribution >= 4 is 23.2 Å². The monoisotopic (exact) mass is 281 g/mol. The predicted molar refractivity (Wildman–Crippen MR) is 74.6 cm³/mol. The van der Waals surface area contributed by atoms with Gasteiger partial charge in [-0.3, -0.25) is 9.59 Å². The zero-order valence-electron chi connectivity index (χ0n) is 11.2. The highest BCUT2D eigenvalue weighted by atomic mass is 32.1. The third-order valence-corrected chi connectivity index (χ3v) is 4.69. The molecule has 2 N–H and O–H groups in total. The largest absolute Gasteiger partial charge is 0.481 e. The van der Waals surface area contributed by atoms with Gasteiger partial charge in [-0.2, -0.15) is 0 Å². The third-order valence-electron chi connectivity index (χ3n) is 3.64. The van der Waals surface area contributed by atoms with Gasteiger partial charge in [-0.1, -0.05) is 13.8 Å². The Labute approximate surface area is 116 Å². The van der Waals surface area contributed by atoms with Crippen LogP contribution >= 0.6 is 11.3 Å². The summed E-state index contributed by atoms with van der Waals surface area (Å²) in [6, 6.07) is 0. The lowest BCUT2D eigenvalue weighted by molar-refractivity contribution is -0.140. The number of rotatable bonds is 4. The molecule has 1 aliphatic rings. The Morgan fingerprint density at radius 1 is 1.58 bits per heavy atom. The van der Waals surface area contributed by atoms with E-state index in [1.165, 1.54) is 10.4 Å². The standard InChI is InChI=1S/C14H19NO3S/c1-8-3-4-10-11(7-19-12(10)5-8)13(16)15-6-9(2)14(17)18/h7-9H,3-6H2,1-2H3,(H,15,16)(H,17,18). The summed E-state index contributed by atoms with van der Waals surface area (Å²) >= 11 is 1.65. The van der Waals surface area contributed by atoms with Crippen molar-refractivity contribution in [2.24, 2.45) is 11.8 Å². The van der Waals surface area contributed by atoms with Crippen molar-refractivity contribution in [2.75, 3.05) is 6.54 Å². The normalized spacial score (nSPS) is 19.6. The number of carbonyl (C=O) groups is 2. The summed E-state index contributed by atoms with van der Waals surface area (Å²) in [6.07, 6.45) is 3.13. The SMILES string of the molecule is CC1CCc2c(C(=O)NCC(C)C(=O)O)csc2C1. The molecule has 0 bridgehead atoms. The van der Waals surface area contributed by atoms with Gasteiger partial charge in [0.25, 0.3) is 5.91 Å². The Kier molecular flexibility index (Phi) is 4.24. The Bertz CT molecular complexity index is 495. The Balaban J connectivity index is 2.02. The van der Waals surface area contributed by atoms with E-state index in [1.54, 1.807) is 18.3 Å². The summed E-state index contributed by atoms with van der Waals surface area (Å²) in [7, 11) is 0. The van der Waals surface area contributed by atoms with Crippen molar-refractivity contribution in [3.05, 3.63) is 21.4 Å². The highest BCUT2D eigenvalue weighted by Gasteiger charge is 2.23. The quantitative estimate of drug-likeness (QED) is 0.890. The molecule has 2 atom stereocenters. The molecule has 1 aromatic rings. The van der Waals surface area contributed by atoms with Crippen molar-refractivity contribution in [1.29, 1.82) is 0 Å². The molecule has 0 saturated carbocycles. The highest BCUT2D eigenvalue weighted by molar-refractivity contribution is 7.10. The summed E-state index contributed by atoms with van der Waals surface area (Å²) < 4.78 is 0. The summed E-state index contributed by atoms with van der Waals surface area (Å²) in [4.78, 5) is 24.1. The van der Waals surface area contributed by atoms with Crippen molar-refractivity contribution in [3.63, 3.8) is 0 Å². The van der Waals surface area contributed by atoms with E-state index in [9.17, 15) is 9.59 Å². The van der Waals surface area contributed by atoms with E-state index in [4.69, 9.17) is 5.11 Å². The van der Waals surface area contributed by atoms with Crippen LogP contribution in [0.3, 0.4) is 0 Å². The molecule has 2 unspecified atom stereocenters. The van der Waals surface area contributed by atoms with Gasteiger partial charge in [-0.15, -0.1) is 11.3 Å². The van der Waals surface area contributed by atoms with Crippen molar-refractivity contribution in [2.45, 2.75) is 33.1 Å². The molecule has 104 valence electrons. The first-order valence-corrected chi connectivity index (χ1v) is 7.47. The van der Waals surface area contributed by atoms with Crippen LogP contribution in [0.2, 0.25) is 0 Å². The molecule has 1 heterocycles. The zero-order valence-corrected chi connectivity index (χ0v) is 12.0. The van der Waals surface area contributed by atoms with Gasteiger partial charge >= 0.3 is 5.97 Å². The molecule has 1 amide bonds. The number of carboxylic acid groups (broad SMARTS) is 1. The van der Waals surface area contributed by atoms with E-state index in [0.717, 1.165) is 24.8 Å². The molecule has 2 rings (SSSR count). The molecular weight excluding hydrogens is 262 g/mol. The van der Waals surface area contributed by atoms with Gasteiger partial charge in [-0.05, 0) is 30.7 Å². The van der Waals surface area contributed by atoms with Gasteiger partial charge in [0.2, 0.25) is 0 Å². The molecule has 0 aromatic carbocycles. The lowest BCUT2D eigenvalue weighted by atomic mass is 9.88. The minimum absolute atomic E-state index is 0.139. The molecular formula is C14H19NO3S. The van der Waals surface area contributed by atoms with Gasteiger partial charge in [0.05, 0.1) is 11.5 Å². The number of hydrogen-bond donors (Lipinski definition) is 2. The van der Waals surface area contributed by atoms with E-state index in [1.807, 2.05) is 5.38 Å². The lowest BCUT2D eigenvalue weighted by Crippen LogP contribution is -2.32. The minimum atomic E-state index is -0.888. The molecule has 19 heavy (non-hydrogen) atoms. The van der Waals surface area contributed by atoms with Crippen LogP contribution in [0.4, 0.5) is 0 Å². The van der Waals surface area contributed by atoms with Gasteiger partial charge in [0.15, 0.2) is 0 Å². The fraction of sp³-hybridized carbons (Fsp3) is 0.571. The average molecular weight is 281 g/mol. The summed E-state index contributed by atoms with van der Waals surface area (Å²) in [5.74, 6) is -0.894. The average Bonchev–Trinajstić information content (AvgIpc) is 2.78. The van der Waals surface area contributed by atoms with Crippen LogP contribution in [-0.2, 0) is 17.6 Å². The number of carboxylic acids is 1. The molecule has 0 radical (unpaired) electrons. The summed E-state index contributed by atoms with van der Waals surface area (Å²) in [6.45, 7) is 4.00. The van der Waals surface area contributed by atoms with Crippen molar-refractivity contribution in [1.82, 2.24) is 5.32 Å². The van der Waals surface area contributed by atoms with Gasteiger partial charge in [-0.25, -0.2) is 0 Å². The topological polar surface area (TPSA) is 66.4 Å². The highest BCUT2D eigenvalue weighted by Crippen LogP contribution is 2.32. The summed E-state index contributed by atoms with van der Waals surface area (Å²) in [5, 5.41) is 13.4. The van der Waals surface area contributed by atoms with E-state index in [2.05, 4.69) is 12.2 Å². The van der Waals surface area contributed by atoms with E-state index in [-0.39, 0.29) is 12.5 Å². The van der Waals surface area contributed by atoms with Crippen LogP contribution in [0, 0.1) is 11.8 Å². The fourth-order valence-corrected chi connectivity index (χ4v) is 3.54. The molecule has 1 aromatic heterocycles. The maximum atomic E-state index is 12.1. The maximum absolute atomic E-state index is 12.1. The fourth-order valence-electron chi connectivity index (χ4n) is 2.30. The van der Waals surface area contributed by atoms with Crippen molar-refractivity contribution in [3.8, 4) is 0 Å². The second-order valence-electron chi connectivity index (χ2n) is 5.35. The molecule has 0 spiro atoms. The van der Waals surface area contributed by atoms with Crippen LogP contribution in [0.5, 0.6) is 0 Å². The second kappa shape index (κ2) is 5.74. The summed E-state index contributed by atoms with van der Waals surface area (Å²) in [5.41, 5.74) is 1.91. The predicted octanol–water partition coefficient (Wildman–Crippen LogP) is 2.32. The van der Waals surface area contributed by atoms with E-state index >= 15 is 0 Å². The molecule has 0 aliphatic heterocycles. The Hall–Kier alpha value is -1.36. The van der Waals surface area contributed by atoms with Crippen LogP contribution in [0.15, 0.2) is 5.38 Å². The smallest absolute Gasteiger partial charge is 0.308 e. The third kappa shape index (κ3) is 3.15. The number of thiophene rings is 1. The number of amides is 1. The van der Waals surface area contributed by atoms with Gasteiger partial charge in [0.1, 0.15) is 0 Å². The first-order valence-electron chi connectivity index (χ1n) is 6.59.